The van der Waals surface area contributed by atoms with Crippen molar-refractivity contribution in [3.05, 3.63) is 0 Å². The van der Waals surface area contributed by atoms with E-state index >= 15 is 0 Å². The van der Waals surface area contributed by atoms with Gasteiger partial charge < -0.3 is 10.6 Å². The molecular weight excluding hydrogens is 244 g/mol. The highest BCUT2D eigenvalue weighted by Gasteiger charge is 2.29. The lowest BCUT2D eigenvalue weighted by molar-refractivity contribution is -0.135. The third-order valence-electron chi connectivity index (χ3n) is 2.72. The van der Waals surface area contributed by atoms with Gasteiger partial charge in [-0.15, -0.1) is 0 Å². The predicted molar refractivity (Wildman–Crippen MR) is 81.4 cm³/mol. The SMILES string of the molecule is CC(C)CN(CC(C)C)C(=O)C(C(N)=S)C(C)C. The first kappa shape index (κ1) is 17.4. The minimum Gasteiger partial charge on any atom is -0.393 e. The molecule has 0 spiro atoms. The smallest absolute Gasteiger partial charge is 0.232 e. The highest BCUT2D eigenvalue weighted by molar-refractivity contribution is 7.80. The number of thiocarbonyl (C=S) groups is 1. The summed E-state index contributed by atoms with van der Waals surface area (Å²) in [5.41, 5.74) is 5.72. The van der Waals surface area contributed by atoms with Gasteiger partial charge in [0.25, 0.3) is 0 Å². The Labute approximate surface area is 117 Å². The van der Waals surface area contributed by atoms with E-state index in [1.807, 2.05) is 18.7 Å². The van der Waals surface area contributed by atoms with Crippen molar-refractivity contribution in [1.82, 2.24) is 4.90 Å². The summed E-state index contributed by atoms with van der Waals surface area (Å²) in [6.45, 7) is 14.0. The summed E-state index contributed by atoms with van der Waals surface area (Å²) in [5.74, 6) is 0.799. The lowest BCUT2D eigenvalue weighted by Crippen LogP contribution is -2.46. The zero-order valence-corrected chi connectivity index (χ0v) is 13.4. The van der Waals surface area contributed by atoms with Crippen LogP contribution in [-0.2, 0) is 4.79 Å². The van der Waals surface area contributed by atoms with E-state index in [4.69, 9.17) is 18.0 Å². The van der Waals surface area contributed by atoms with Crippen LogP contribution < -0.4 is 5.73 Å². The van der Waals surface area contributed by atoms with Crippen molar-refractivity contribution >= 4 is 23.1 Å². The van der Waals surface area contributed by atoms with Crippen LogP contribution in [0, 0.1) is 23.7 Å². The molecular formula is C14H28N2OS. The van der Waals surface area contributed by atoms with Crippen LogP contribution in [0.25, 0.3) is 0 Å². The van der Waals surface area contributed by atoms with E-state index in [2.05, 4.69) is 27.7 Å². The van der Waals surface area contributed by atoms with Crippen molar-refractivity contribution < 1.29 is 4.79 Å². The van der Waals surface area contributed by atoms with Gasteiger partial charge in [0.1, 0.15) is 0 Å². The van der Waals surface area contributed by atoms with Crippen LogP contribution >= 0.6 is 12.2 Å². The molecule has 0 aliphatic carbocycles. The standard InChI is InChI=1S/C14H28N2OS/c1-9(2)7-16(8-10(3)4)14(17)12(11(5)6)13(15)18/h9-12H,7-8H2,1-6H3,(H2,15,18). The summed E-state index contributed by atoms with van der Waals surface area (Å²) in [6.07, 6.45) is 0. The number of rotatable bonds is 7. The minimum atomic E-state index is -0.336. The number of hydrogen-bond acceptors (Lipinski definition) is 2. The monoisotopic (exact) mass is 272 g/mol. The molecule has 2 N–H and O–H groups in total. The molecule has 3 nitrogen and oxygen atoms in total. The fourth-order valence-corrected chi connectivity index (χ4v) is 2.44. The second kappa shape index (κ2) is 7.72. The maximum Gasteiger partial charge on any atom is 0.232 e. The quantitative estimate of drug-likeness (QED) is 0.725. The first-order chi connectivity index (χ1) is 8.16. The molecule has 106 valence electrons. The molecule has 0 saturated carbocycles. The molecule has 0 saturated heterocycles. The number of carbonyl (C=O) groups is 1. The van der Waals surface area contributed by atoms with Crippen LogP contribution in [0.5, 0.6) is 0 Å². The second-order valence-corrected chi connectivity index (χ2v) is 6.63. The van der Waals surface area contributed by atoms with E-state index in [-0.39, 0.29) is 17.7 Å². The Kier molecular flexibility index (Phi) is 7.45. The van der Waals surface area contributed by atoms with E-state index < -0.39 is 0 Å². The molecule has 0 heterocycles. The lowest BCUT2D eigenvalue weighted by Gasteiger charge is -2.31. The van der Waals surface area contributed by atoms with E-state index in [1.165, 1.54) is 0 Å². The van der Waals surface area contributed by atoms with Crippen molar-refractivity contribution in [1.29, 1.82) is 0 Å². The van der Waals surface area contributed by atoms with Gasteiger partial charge in [0.2, 0.25) is 5.91 Å². The number of nitrogens with zero attached hydrogens (tertiary/aromatic N) is 1. The Bertz CT molecular complexity index is 278. The molecule has 18 heavy (non-hydrogen) atoms. The summed E-state index contributed by atoms with van der Waals surface area (Å²) >= 11 is 5.05. The molecule has 0 bridgehead atoms. The minimum absolute atomic E-state index is 0.0832. The number of hydrogen-bond donors (Lipinski definition) is 1. The van der Waals surface area contributed by atoms with Gasteiger partial charge in [-0.25, -0.2) is 0 Å². The number of carbonyl (C=O) groups excluding carboxylic acids is 1. The van der Waals surface area contributed by atoms with Crippen LogP contribution in [0.4, 0.5) is 0 Å². The van der Waals surface area contributed by atoms with E-state index in [1.54, 1.807) is 0 Å². The van der Waals surface area contributed by atoms with Crippen LogP contribution in [0.3, 0.4) is 0 Å². The summed E-state index contributed by atoms with van der Waals surface area (Å²) in [7, 11) is 0. The largest absolute Gasteiger partial charge is 0.393 e. The maximum absolute atomic E-state index is 12.6. The van der Waals surface area contributed by atoms with Crippen LogP contribution in [0.15, 0.2) is 0 Å². The van der Waals surface area contributed by atoms with Crippen molar-refractivity contribution in [3.8, 4) is 0 Å². The average molecular weight is 272 g/mol. The summed E-state index contributed by atoms with van der Waals surface area (Å²) in [5, 5.41) is 0. The van der Waals surface area contributed by atoms with Gasteiger partial charge in [-0.2, -0.15) is 0 Å². The number of nitrogens with two attached hydrogens (primary N) is 1. The van der Waals surface area contributed by atoms with Gasteiger partial charge in [-0.05, 0) is 17.8 Å². The Morgan fingerprint density at radius 2 is 1.44 bits per heavy atom. The van der Waals surface area contributed by atoms with Crippen molar-refractivity contribution in [2.24, 2.45) is 29.4 Å². The van der Waals surface area contributed by atoms with Gasteiger partial charge >= 0.3 is 0 Å². The van der Waals surface area contributed by atoms with Crippen LogP contribution in [0.2, 0.25) is 0 Å². The Balaban J connectivity index is 4.96. The van der Waals surface area contributed by atoms with Crippen molar-refractivity contribution in [3.63, 3.8) is 0 Å². The Morgan fingerprint density at radius 3 is 1.67 bits per heavy atom. The molecule has 1 atom stereocenters. The van der Waals surface area contributed by atoms with Crippen molar-refractivity contribution in [2.45, 2.75) is 41.5 Å². The zero-order chi connectivity index (χ0) is 14.5. The topological polar surface area (TPSA) is 46.3 Å². The normalized spacial score (nSPS) is 13.2. The Hall–Kier alpha value is -0.640. The van der Waals surface area contributed by atoms with Crippen LogP contribution in [0.1, 0.15) is 41.5 Å². The molecule has 0 aromatic carbocycles. The third-order valence-corrected chi connectivity index (χ3v) is 2.98. The summed E-state index contributed by atoms with van der Waals surface area (Å²) in [6, 6.07) is 0. The second-order valence-electron chi connectivity index (χ2n) is 6.15. The highest BCUT2D eigenvalue weighted by atomic mass is 32.1. The zero-order valence-electron chi connectivity index (χ0n) is 12.6. The highest BCUT2D eigenvalue weighted by Crippen LogP contribution is 2.17. The van der Waals surface area contributed by atoms with E-state index in [0.717, 1.165) is 13.1 Å². The molecule has 1 unspecified atom stereocenters. The predicted octanol–water partition coefficient (Wildman–Crippen LogP) is 2.69. The molecule has 0 aromatic rings. The number of amides is 1. The van der Waals surface area contributed by atoms with Gasteiger partial charge in [-0.1, -0.05) is 53.8 Å². The van der Waals surface area contributed by atoms with Gasteiger partial charge in [0, 0.05) is 13.1 Å². The molecule has 0 aliphatic rings. The lowest BCUT2D eigenvalue weighted by atomic mass is 9.93. The summed E-state index contributed by atoms with van der Waals surface area (Å²) < 4.78 is 0. The maximum atomic E-state index is 12.6. The fourth-order valence-electron chi connectivity index (χ4n) is 2.07. The average Bonchev–Trinajstić information content (AvgIpc) is 2.13. The molecule has 0 fully saturated rings. The molecule has 0 rings (SSSR count). The molecule has 4 heteroatoms. The van der Waals surface area contributed by atoms with Gasteiger partial charge in [0.15, 0.2) is 0 Å². The van der Waals surface area contributed by atoms with Gasteiger partial charge in [-0.3, -0.25) is 4.79 Å². The molecule has 0 aliphatic heterocycles. The fraction of sp³-hybridized carbons (Fsp3) is 0.857. The molecule has 0 radical (unpaired) electrons. The molecule has 0 aromatic heterocycles. The van der Waals surface area contributed by atoms with Crippen molar-refractivity contribution in [2.75, 3.05) is 13.1 Å². The third kappa shape index (κ3) is 5.80. The van der Waals surface area contributed by atoms with E-state index in [0.29, 0.717) is 16.8 Å². The van der Waals surface area contributed by atoms with Gasteiger partial charge in [0.05, 0.1) is 10.9 Å². The Morgan fingerprint density at radius 1 is 1.06 bits per heavy atom. The van der Waals surface area contributed by atoms with E-state index in [9.17, 15) is 4.79 Å². The first-order valence-corrected chi connectivity index (χ1v) is 7.15. The van der Waals surface area contributed by atoms with Crippen LogP contribution in [-0.4, -0.2) is 28.9 Å². The molecule has 1 amide bonds. The summed E-state index contributed by atoms with van der Waals surface area (Å²) in [4.78, 5) is 14.8. The first-order valence-electron chi connectivity index (χ1n) is 6.74.